The van der Waals surface area contributed by atoms with Crippen molar-refractivity contribution in [3.8, 4) is 11.5 Å². The Kier molecular flexibility index (Phi) is 1.36. The molecular formula is C11H8O4. The number of fused-ring (bicyclic) bond motifs is 3. The number of hydrogen-bond acceptors (Lipinski definition) is 4. The Morgan fingerprint density at radius 1 is 1.07 bits per heavy atom. The molecule has 0 spiro atoms. The van der Waals surface area contributed by atoms with Crippen molar-refractivity contribution < 1.29 is 19.4 Å². The molecule has 3 rings (SSSR count). The van der Waals surface area contributed by atoms with E-state index < -0.39 is 0 Å². The molecule has 0 aliphatic rings. The van der Waals surface area contributed by atoms with Crippen LogP contribution in [0.1, 0.15) is 5.56 Å². The number of aromatic hydroxyl groups is 2. The van der Waals surface area contributed by atoms with Crippen molar-refractivity contribution in [1.82, 2.24) is 0 Å². The number of phenolic OH excluding ortho intramolecular Hbond substituents is 2. The monoisotopic (exact) mass is 204 g/mol. The average Bonchev–Trinajstić information content (AvgIpc) is 2.16. The van der Waals surface area contributed by atoms with E-state index in [2.05, 4.69) is 0 Å². The summed E-state index contributed by atoms with van der Waals surface area (Å²) in [4.78, 5) is 0. The Morgan fingerprint density at radius 3 is 2.47 bits per heavy atom. The predicted octanol–water partition coefficient (Wildman–Crippen LogP) is 2.90. The molecule has 0 atom stereocenters. The van der Waals surface area contributed by atoms with Crippen molar-refractivity contribution >= 4 is 21.9 Å². The van der Waals surface area contributed by atoms with Gasteiger partial charge in [0.05, 0.1) is 5.39 Å². The third-order valence-corrected chi connectivity index (χ3v) is 2.64. The van der Waals surface area contributed by atoms with Crippen LogP contribution in [0.15, 0.2) is 27.4 Å². The fourth-order valence-electron chi connectivity index (χ4n) is 1.80. The molecule has 0 fully saturated rings. The standard InChI is InChI=1S/C11H8O4/c1-5-9(13)6-3-2-4-7(12)8(6)11-10(5)14-15-11/h2-4,12-13H,1H3. The van der Waals surface area contributed by atoms with Gasteiger partial charge < -0.3 is 10.2 Å². The molecule has 1 aromatic heterocycles. The summed E-state index contributed by atoms with van der Waals surface area (Å²) in [6.45, 7) is 1.74. The molecular weight excluding hydrogens is 196 g/mol. The van der Waals surface area contributed by atoms with Gasteiger partial charge in [0, 0.05) is 10.9 Å². The molecule has 0 amide bonds. The van der Waals surface area contributed by atoms with Crippen molar-refractivity contribution in [3.63, 3.8) is 0 Å². The quantitative estimate of drug-likeness (QED) is 0.552. The largest absolute Gasteiger partial charge is 0.507 e. The van der Waals surface area contributed by atoms with Gasteiger partial charge in [-0.3, -0.25) is 9.15 Å². The number of aryl methyl sites for hydroxylation is 1. The van der Waals surface area contributed by atoms with E-state index in [1.165, 1.54) is 0 Å². The van der Waals surface area contributed by atoms with Crippen LogP contribution in [0.5, 0.6) is 11.5 Å². The second-order valence-electron chi connectivity index (χ2n) is 3.50. The van der Waals surface area contributed by atoms with Crippen LogP contribution in [0.2, 0.25) is 0 Å². The highest BCUT2D eigenvalue weighted by Crippen LogP contribution is 2.42. The van der Waals surface area contributed by atoms with E-state index in [9.17, 15) is 10.2 Å². The summed E-state index contributed by atoms with van der Waals surface area (Å²) >= 11 is 0. The Morgan fingerprint density at radius 2 is 1.80 bits per heavy atom. The minimum absolute atomic E-state index is 0.0716. The molecule has 0 aliphatic heterocycles. The van der Waals surface area contributed by atoms with E-state index in [-0.39, 0.29) is 11.5 Å². The van der Waals surface area contributed by atoms with Gasteiger partial charge in [0.2, 0.25) is 11.2 Å². The summed E-state index contributed by atoms with van der Waals surface area (Å²) in [5.41, 5.74) is 1.59. The zero-order valence-electron chi connectivity index (χ0n) is 7.94. The molecule has 0 saturated heterocycles. The number of benzene rings is 2. The van der Waals surface area contributed by atoms with Crippen molar-refractivity contribution in [2.45, 2.75) is 6.92 Å². The van der Waals surface area contributed by atoms with Gasteiger partial charge in [-0.05, 0) is 13.0 Å². The summed E-state index contributed by atoms with van der Waals surface area (Å²) in [5, 5.41) is 20.6. The summed E-state index contributed by atoms with van der Waals surface area (Å²) < 4.78 is 9.61. The molecule has 0 radical (unpaired) electrons. The van der Waals surface area contributed by atoms with Gasteiger partial charge in [-0.1, -0.05) is 12.1 Å². The third-order valence-electron chi connectivity index (χ3n) is 2.64. The summed E-state index contributed by atoms with van der Waals surface area (Å²) in [6.07, 6.45) is 0. The average molecular weight is 204 g/mol. The number of rotatable bonds is 0. The Hall–Kier alpha value is -2.10. The molecule has 15 heavy (non-hydrogen) atoms. The van der Waals surface area contributed by atoms with Crippen LogP contribution >= 0.6 is 0 Å². The van der Waals surface area contributed by atoms with Gasteiger partial charge in [-0.15, -0.1) is 0 Å². The topological polar surface area (TPSA) is 66.7 Å². The smallest absolute Gasteiger partial charge is 0.237 e. The Balaban J connectivity index is 2.67. The summed E-state index contributed by atoms with van der Waals surface area (Å²) in [7, 11) is 0. The maximum Gasteiger partial charge on any atom is 0.237 e. The second-order valence-corrected chi connectivity index (χ2v) is 3.50. The van der Waals surface area contributed by atoms with Gasteiger partial charge in [0.15, 0.2) is 0 Å². The Bertz CT molecular complexity index is 660. The minimum Gasteiger partial charge on any atom is -0.507 e. The zero-order chi connectivity index (χ0) is 10.6. The van der Waals surface area contributed by atoms with Crippen LogP contribution in [0, 0.1) is 6.92 Å². The van der Waals surface area contributed by atoms with Crippen LogP contribution in [0.25, 0.3) is 21.9 Å². The van der Waals surface area contributed by atoms with Gasteiger partial charge in [-0.2, -0.15) is 0 Å². The van der Waals surface area contributed by atoms with Crippen molar-refractivity contribution in [1.29, 1.82) is 0 Å². The molecule has 0 aliphatic carbocycles. The van der Waals surface area contributed by atoms with Crippen LogP contribution < -0.4 is 0 Å². The van der Waals surface area contributed by atoms with E-state index in [0.717, 1.165) is 0 Å². The lowest BCUT2D eigenvalue weighted by Crippen LogP contribution is -1.87. The van der Waals surface area contributed by atoms with Crippen molar-refractivity contribution in [3.05, 3.63) is 23.8 Å². The third kappa shape index (κ3) is 0.857. The van der Waals surface area contributed by atoms with Gasteiger partial charge in [0.1, 0.15) is 11.5 Å². The molecule has 4 heteroatoms. The first-order chi connectivity index (χ1) is 7.20. The normalized spacial score (nSPS) is 11.5. The molecule has 4 nitrogen and oxygen atoms in total. The van der Waals surface area contributed by atoms with Crippen molar-refractivity contribution in [2.75, 3.05) is 0 Å². The van der Waals surface area contributed by atoms with E-state index in [1.807, 2.05) is 0 Å². The lowest BCUT2D eigenvalue weighted by atomic mass is 10.0. The highest BCUT2D eigenvalue weighted by molar-refractivity contribution is 6.10. The van der Waals surface area contributed by atoms with Gasteiger partial charge in [0.25, 0.3) is 0 Å². The SMILES string of the molecule is Cc1c(O)c2cccc(O)c2c2ooc12. The molecule has 0 bridgehead atoms. The van der Waals surface area contributed by atoms with E-state index in [1.54, 1.807) is 25.1 Å². The first kappa shape index (κ1) is 8.23. The molecule has 0 saturated carbocycles. The van der Waals surface area contributed by atoms with Crippen LogP contribution in [0.4, 0.5) is 0 Å². The maximum atomic E-state index is 9.88. The van der Waals surface area contributed by atoms with E-state index in [4.69, 9.17) is 9.15 Å². The molecule has 3 aromatic rings. The van der Waals surface area contributed by atoms with E-state index >= 15 is 0 Å². The maximum absolute atomic E-state index is 9.88. The zero-order valence-corrected chi connectivity index (χ0v) is 7.94. The molecule has 2 N–H and O–H groups in total. The first-order valence-electron chi connectivity index (χ1n) is 4.52. The minimum atomic E-state index is 0.0716. The van der Waals surface area contributed by atoms with Gasteiger partial charge >= 0.3 is 0 Å². The highest BCUT2D eigenvalue weighted by atomic mass is 17.0. The second kappa shape index (κ2) is 2.48. The number of hydrogen-bond donors (Lipinski definition) is 2. The lowest BCUT2D eigenvalue weighted by Gasteiger charge is -2.09. The van der Waals surface area contributed by atoms with Crippen LogP contribution in [0.3, 0.4) is 0 Å². The molecule has 1 heterocycles. The van der Waals surface area contributed by atoms with Crippen LogP contribution in [-0.4, -0.2) is 10.2 Å². The summed E-state index contributed by atoms with van der Waals surface area (Å²) in [6, 6.07) is 4.93. The van der Waals surface area contributed by atoms with E-state index in [0.29, 0.717) is 27.5 Å². The van der Waals surface area contributed by atoms with Crippen molar-refractivity contribution in [2.24, 2.45) is 0 Å². The molecule has 76 valence electrons. The Labute approximate surface area is 84.3 Å². The first-order valence-corrected chi connectivity index (χ1v) is 4.52. The fourth-order valence-corrected chi connectivity index (χ4v) is 1.80. The van der Waals surface area contributed by atoms with Gasteiger partial charge in [-0.25, -0.2) is 0 Å². The fraction of sp³-hybridized carbons (Fsp3) is 0.0909. The highest BCUT2D eigenvalue weighted by Gasteiger charge is 2.20. The number of phenols is 2. The van der Waals surface area contributed by atoms with Crippen LogP contribution in [-0.2, 0) is 0 Å². The lowest BCUT2D eigenvalue weighted by molar-refractivity contribution is 0.0594. The predicted molar refractivity (Wildman–Crippen MR) is 54.1 cm³/mol. The molecule has 2 aromatic carbocycles. The molecule has 0 unspecified atom stereocenters. The summed E-state index contributed by atoms with van der Waals surface area (Å²) in [5.74, 6) is 0.185.